The fourth-order valence-electron chi connectivity index (χ4n) is 4.51. The van der Waals surface area contributed by atoms with Gasteiger partial charge >= 0.3 is 12.4 Å². The summed E-state index contributed by atoms with van der Waals surface area (Å²) in [5.41, 5.74) is 2.85. The van der Waals surface area contributed by atoms with Crippen molar-refractivity contribution in [3.8, 4) is 29.4 Å². The van der Waals surface area contributed by atoms with E-state index in [9.17, 15) is 31.4 Å². The van der Waals surface area contributed by atoms with Crippen LogP contribution in [0.25, 0.3) is 0 Å². The van der Waals surface area contributed by atoms with Crippen LogP contribution in [0, 0.1) is 23.7 Å². The van der Waals surface area contributed by atoms with E-state index in [0.29, 0.717) is 34.0 Å². The van der Waals surface area contributed by atoms with Gasteiger partial charge in [0, 0.05) is 21.8 Å². The third-order valence-electron chi connectivity index (χ3n) is 6.59. The van der Waals surface area contributed by atoms with Gasteiger partial charge in [0.15, 0.2) is 0 Å². The van der Waals surface area contributed by atoms with Gasteiger partial charge in [-0.2, -0.15) is 26.3 Å². The molecule has 1 aliphatic carbocycles. The SMILES string of the molecule is Oc1ccc(SCc2cc(C#Cc3ccc(C(F)(F)F)cc3)nc(C#Cc3ccc(C(F)(F)F)cc3)c2)c2c1CCC2. The lowest BCUT2D eigenvalue weighted by molar-refractivity contribution is -0.138. The second-order valence-electron chi connectivity index (χ2n) is 9.58. The van der Waals surface area contributed by atoms with E-state index in [1.54, 1.807) is 30.0 Å². The molecule has 0 unspecified atom stereocenters. The first-order valence-corrected chi connectivity index (χ1v) is 13.8. The molecule has 0 fully saturated rings. The van der Waals surface area contributed by atoms with Crippen molar-refractivity contribution < 1.29 is 31.4 Å². The molecule has 0 radical (unpaired) electrons. The van der Waals surface area contributed by atoms with Crippen molar-refractivity contribution in [2.45, 2.75) is 42.3 Å². The maximum Gasteiger partial charge on any atom is 0.416 e. The highest BCUT2D eigenvalue weighted by Gasteiger charge is 2.30. The Morgan fingerprint density at radius 3 is 1.67 bits per heavy atom. The van der Waals surface area contributed by atoms with Crippen molar-refractivity contribution in [3.05, 3.63) is 123 Å². The average Bonchev–Trinajstić information content (AvgIpc) is 3.46. The topological polar surface area (TPSA) is 33.1 Å². The van der Waals surface area contributed by atoms with Crippen LogP contribution < -0.4 is 0 Å². The van der Waals surface area contributed by atoms with Crippen LogP contribution in [-0.2, 0) is 30.9 Å². The van der Waals surface area contributed by atoms with E-state index in [1.165, 1.54) is 24.3 Å². The predicted octanol–water partition coefficient (Wildman–Crippen LogP) is 8.41. The summed E-state index contributed by atoms with van der Waals surface area (Å²) >= 11 is 1.59. The van der Waals surface area contributed by atoms with Crippen LogP contribution in [0.4, 0.5) is 26.3 Å². The molecular weight excluding hydrogens is 572 g/mol. The van der Waals surface area contributed by atoms with E-state index < -0.39 is 23.5 Å². The summed E-state index contributed by atoms with van der Waals surface area (Å²) in [6, 6.07) is 16.1. The van der Waals surface area contributed by atoms with Gasteiger partial charge in [-0.1, -0.05) is 11.8 Å². The van der Waals surface area contributed by atoms with E-state index >= 15 is 0 Å². The molecule has 212 valence electrons. The average molecular weight is 594 g/mol. The van der Waals surface area contributed by atoms with Gasteiger partial charge in [-0.15, -0.1) is 11.8 Å². The summed E-state index contributed by atoms with van der Waals surface area (Å²) in [6.07, 6.45) is -6.20. The lowest BCUT2D eigenvalue weighted by atomic mass is 10.1. The Labute approximate surface area is 242 Å². The molecule has 0 aliphatic heterocycles. The number of pyridine rings is 1. The first kappa shape index (κ1) is 29.2. The van der Waals surface area contributed by atoms with Gasteiger partial charge in [0.05, 0.1) is 11.1 Å². The molecule has 0 atom stereocenters. The summed E-state index contributed by atoms with van der Waals surface area (Å²) in [7, 11) is 0. The highest BCUT2D eigenvalue weighted by Crippen LogP contribution is 2.38. The summed E-state index contributed by atoms with van der Waals surface area (Å²) < 4.78 is 77.3. The number of nitrogens with zero attached hydrogens (tertiary/aromatic N) is 1. The predicted molar refractivity (Wildman–Crippen MR) is 149 cm³/mol. The van der Waals surface area contributed by atoms with Gasteiger partial charge in [-0.05, 0) is 121 Å². The lowest BCUT2D eigenvalue weighted by Gasteiger charge is -2.10. The molecule has 2 nitrogen and oxygen atoms in total. The number of fused-ring (bicyclic) bond motifs is 1. The number of halogens is 6. The fraction of sp³-hybridized carbons (Fsp3) is 0.182. The number of phenols is 1. The van der Waals surface area contributed by atoms with Crippen molar-refractivity contribution in [1.29, 1.82) is 0 Å². The normalized spacial score (nSPS) is 12.6. The van der Waals surface area contributed by atoms with Crippen molar-refractivity contribution in [2.24, 2.45) is 0 Å². The Morgan fingerprint density at radius 2 is 1.17 bits per heavy atom. The molecule has 0 amide bonds. The molecule has 1 aromatic heterocycles. The zero-order chi connectivity index (χ0) is 29.9. The number of thioether (sulfide) groups is 1. The van der Waals surface area contributed by atoms with Gasteiger partial charge in [0.1, 0.15) is 17.1 Å². The minimum absolute atomic E-state index is 0.303. The second-order valence-corrected chi connectivity index (χ2v) is 10.6. The molecule has 0 saturated heterocycles. The highest BCUT2D eigenvalue weighted by atomic mass is 32.2. The van der Waals surface area contributed by atoms with Crippen LogP contribution in [-0.4, -0.2) is 10.1 Å². The van der Waals surface area contributed by atoms with Gasteiger partial charge in [-0.3, -0.25) is 0 Å². The molecule has 0 spiro atoms. The summed E-state index contributed by atoms with van der Waals surface area (Å²) in [6.45, 7) is 0. The Morgan fingerprint density at radius 1 is 0.667 bits per heavy atom. The maximum atomic E-state index is 12.9. The molecular formula is C33H21F6NOS. The Balaban J connectivity index is 1.44. The number of aromatic hydroxyl groups is 1. The number of aromatic nitrogens is 1. The number of rotatable bonds is 3. The minimum atomic E-state index is -4.45. The Kier molecular flexibility index (Phi) is 8.24. The second kappa shape index (κ2) is 11.9. The number of benzene rings is 3. The summed E-state index contributed by atoms with van der Waals surface area (Å²) in [5.74, 6) is 12.3. The third kappa shape index (κ3) is 7.10. The smallest absolute Gasteiger partial charge is 0.416 e. The van der Waals surface area contributed by atoms with E-state index in [1.807, 2.05) is 6.07 Å². The molecule has 0 bridgehead atoms. The Bertz CT molecular complexity index is 1640. The molecule has 9 heteroatoms. The van der Waals surface area contributed by atoms with Crippen molar-refractivity contribution in [2.75, 3.05) is 0 Å². The summed E-state index contributed by atoms with van der Waals surface area (Å²) in [5, 5.41) is 10.2. The highest BCUT2D eigenvalue weighted by molar-refractivity contribution is 7.98. The molecule has 5 rings (SSSR count). The zero-order valence-corrected chi connectivity index (χ0v) is 22.6. The molecule has 3 aromatic carbocycles. The van der Waals surface area contributed by atoms with Crippen LogP contribution in [0.1, 0.15) is 56.8 Å². The number of hydrogen-bond donors (Lipinski definition) is 1. The molecule has 1 heterocycles. The van der Waals surface area contributed by atoms with Crippen LogP contribution in [0.5, 0.6) is 5.75 Å². The van der Waals surface area contributed by atoms with Crippen LogP contribution in [0.3, 0.4) is 0 Å². The quantitative estimate of drug-likeness (QED) is 0.147. The molecule has 42 heavy (non-hydrogen) atoms. The first-order valence-electron chi connectivity index (χ1n) is 12.8. The Hall–Kier alpha value is -4.34. The number of hydrogen-bond acceptors (Lipinski definition) is 3. The van der Waals surface area contributed by atoms with Crippen LogP contribution in [0.2, 0.25) is 0 Å². The monoisotopic (exact) mass is 593 g/mol. The van der Waals surface area contributed by atoms with Crippen LogP contribution >= 0.6 is 11.8 Å². The number of phenolic OH excluding ortho intramolecular Hbond substituents is 1. The van der Waals surface area contributed by atoms with Crippen LogP contribution in [0.15, 0.2) is 77.7 Å². The number of alkyl halides is 6. The molecule has 0 saturated carbocycles. The van der Waals surface area contributed by atoms with Gasteiger partial charge in [0.25, 0.3) is 0 Å². The largest absolute Gasteiger partial charge is 0.508 e. The van der Waals surface area contributed by atoms with Gasteiger partial charge in [0.2, 0.25) is 0 Å². The first-order chi connectivity index (χ1) is 20.0. The molecule has 1 aliphatic rings. The van der Waals surface area contributed by atoms with E-state index in [0.717, 1.165) is 65.1 Å². The van der Waals surface area contributed by atoms with Crippen molar-refractivity contribution in [1.82, 2.24) is 4.98 Å². The van der Waals surface area contributed by atoms with Crippen molar-refractivity contribution in [3.63, 3.8) is 0 Å². The minimum Gasteiger partial charge on any atom is -0.508 e. The third-order valence-corrected chi connectivity index (χ3v) is 7.76. The molecule has 1 N–H and O–H groups in total. The molecule has 4 aromatic rings. The van der Waals surface area contributed by atoms with E-state index in [-0.39, 0.29) is 0 Å². The maximum absolute atomic E-state index is 12.9. The fourth-order valence-corrected chi connectivity index (χ4v) is 5.56. The van der Waals surface area contributed by atoms with Crippen molar-refractivity contribution >= 4 is 11.8 Å². The van der Waals surface area contributed by atoms with Gasteiger partial charge in [-0.25, -0.2) is 4.98 Å². The zero-order valence-electron chi connectivity index (χ0n) is 21.8. The summed E-state index contributed by atoms with van der Waals surface area (Å²) in [4.78, 5) is 5.51. The van der Waals surface area contributed by atoms with E-state index in [2.05, 4.69) is 28.7 Å². The lowest BCUT2D eigenvalue weighted by Crippen LogP contribution is -2.04. The standard InChI is InChI=1S/C33H21F6NOS/c34-32(35,36)24-10-4-21(5-11-24)8-14-26-18-23(20-42-31-17-16-30(41)28-2-1-3-29(28)31)19-27(40-26)15-9-22-6-12-25(13-7-22)33(37,38)39/h4-7,10-13,16-19,41H,1-3,20H2. The van der Waals surface area contributed by atoms with E-state index in [4.69, 9.17) is 0 Å². The van der Waals surface area contributed by atoms with Gasteiger partial charge < -0.3 is 5.11 Å².